The summed E-state index contributed by atoms with van der Waals surface area (Å²) in [6.45, 7) is 1.30. The van der Waals surface area contributed by atoms with Crippen molar-refractivity contribution in [2.75, 3.05) is 25.1 Å². The predicted octanol–water partition coefficient (Wildman–Crippen LogP) is 3.26. The van der Waals surface area contributed by atoms with E-state index in [9.17, 15) is 9.18 Å². The summed E-state index contributed by atoms with van der Waals surface area (Å²) in [5, 5.41) is 2.80. The number of ether oxygens (including phenoxy) is 2. The van der Waals surface area contributed by atoms with Gasteiger partial charge < -0.3 is 20.5 Å². The molecule has 140 valence electrons. The number of halogens is 2. The van der Waals surface area contributed by atoms with Gasteiger partial charge in [0.05, 0.1) is 11.5 Å². The van der Waals surface area contributed by atoms with Crippen LogP contribution in [0.1, 0.15) is 38.5 Å². The Kier molecular flexibility index (Phi) is 7.04. The van der Waals surface area contributed by atoms with Crippen LogP contribution < -0.4 is 15.8 Å². The van der Waals surface area contributed by atoms with Crippen LogP contribution in [-0.2, 0) is 9.53 Å². The van der Waals surface area contributed by atoms with E-state index in [2.05, 4.69) is 5.32 Å². The third-order valence-corrected chi connectivity index (χ3v) is 5.11. The minimum Gasteiger partial charge on any atom is -0.487 e. The zero-order valence-electron chi connectivity index (χ0n) is 14.3. The molecule has 1 aliphatic carbocycles. The maximum absolute atomic E-state index is 14.3. The van der Waals surface area contributed by atoms with Crippen molar-refractivity contribution in [3.63, 3.8) is 0 Å². The van der Waals surface area contributed by atoms with Crippen LogP contribution in [0.3, 0.4) is 0 Å². The Bertz CT molecular complexity index is 588. The average molecular weight is 373 g/mol. The third kappa shape index (κ3) is 4.63. The number of benzene rings is 1. The second-order valence-electron chi connectivity index (χ2n) is 6.72. The number of carbonyl (C=O) groups is 1. The Morgan fingerprint density at radius 2 is 2.00 bits per heavy atom. The van der Waals surface area contributed by atoms with Crippen molar-refractivity contribution < 1.29 is 18.7 Å². The molecule has 1 amide bonds. The topological polar surface area (TPSA) is 73.6 Å². The molecule has 0 spiro atoms. The first kappa shape index (κ1) is 19.9. The van der Waals surface area contributed by atoms with Crippen molar-refractivity contribution in [2.45, 2.75) is 44.6 Å². The average Bonchev–Trinajstić information content (AvgIpc) is 3.11. The Hall–Kier alpha value is -1.37. The predicted molar refractivity (Wildman–Crippen MR) is 96.7 cm³/mol. The fourth-order valence-electron chi connectivity index (χ4n) is 3.41. The molecule has 1 aromatic carbocycles. The summed E-state index contributed by atoms with van der Waals surface area (Å²) in [7, 11) is 0. The molecule has 1 heterocycles. The number of nitrogens with two attached hydrogens (primary N) is 1. The van der Waals surface area contributed by atoms with Crippen molar-refractivity contribution in [3.05, 3.63) is 24.0 Å². The number of hydrogen-bond acceptors (Lipinski definition) is 4. The first-order chi connectivity index (χ1) is 11.6. The molecule has 0 radical (unpaired) electrons. The van der Waals surface area contributed by atoms with Crippen molar-refractivity contribution in [1.82, 2.24) is 0 Å². The summed E-state index contributed by atoms with van der Waals surface area (Å²) in [5.41, 5.74) is 5.62. The lowest BCUT2D eigenvalue weighted by atomic mass is 9.79. The van der Waals surface area contributed by atoms with Crippen LogP contribution >= 0.6 is 12.4 Å². The smallest absolute Gasteiger partial charge is 0.232 e. The van der Waals surface area contributed by atoms with Crippen LogP contribution in [-0.4, -0.2) is 31.8 Å². The van der Waals surface area contributed by atoms with E-state index < -0.39 is 11.2 Å². The fraction of sp³-hybridized carbons (Fsp3) is 0.611. The molecule has 0 atom stereocenters. The highest BCUT2D eigenvalue weighted by Gasteiger charge is 2.38. The van der Waals surface area contributed by atoms with Gasteiger partial charge in [0.15, 0.2) is 11.6 Å². The van der Waals surface area contributed by atoms with Gasteiger partial charge in [0.1, 0.15) is 0 Å². The highest BCUT2D eigenvalue weighted by Crippen LogP contribution is 2.32. The molecule has 0 bridgehead atoms. The van der Waals surface area contributed by atoms with E-state index in [0.29, 0.717) is 31.7 Å². The van der Waals surface area contributed by atoms with Gasteiger partial charge in [-0.1, -0.05) is 0 Å². The maximum Gasteiger partial charge on any atom is 0.232 e. The standard InChI is InChI=1S/C18H25FN2O3.ClH/c19-15-11-13(5-6-16(15)24-14-3-1-2-4-14)21-17(22)18(12-20)7-9-23-10-8-18;/h5-6,11,14H,1-4,7-10,12,20H2,(H,21,22);1H. The van der Waals surface area contributed by atoms with E-state index in [1.54, 1.807) is 12.1 Å². The van der Waals surface area contributed by atoms with E-state index in [1.807, 2.05) is 0 Å². The number of carbonyl (C=O) groups excluding carboxylic acids is 1. The Morgan fingerprint density at radius 1 is 1.32 bits per heavy atom. The lowest BCUT2D eigenvalue weighted by molar-refractivity contribution is -0.130. The van der Waals surface area contributed by atoms with E-state index in [1.165, 1.54) is 6.07 Å². The zero-order chi connectivity index (χ0) is 17.0. The summed E-state index contributed by atoms with van der Waals surface area (Å²) >= 11 is 0. The molecule has 1 aromatic rings. The Labute approximate surface area is 153 Å². The highest BCUT2D eigenvalue weighted by molar-refractivity contribution is 5.95. The Balaban J connectivity index is 0.00000225. The number of hydrogen-bond donors (Lipinski definition) is 2. The summed E-state index contributed by atoms with van der Waals surface area (Å²) < 4.78 is 25.3. The van der Waals surface area contributed by atoms with Crippen LogP contribution in [0.5, 0.6) is 5.75 Å². The molecular formula is C18H26ClFN2O3. The van der Waals surface area contributed by atoms with E-state index in [0.717, 1.165) is 25.7 Å². The fourth-order valence-corrected chi connectivity index (χ4v) is 3.41. The lowest BCUT2D eigenvalue weighted by Crippen LogP contribution is -2.46. The summed E-state index contributed by atoms with van der Waals surface area (Å²) in [6.07, 6.45) is 5.47. The summed E-state index contributed by atoms with van der Waals surface area (Å²) in [5.74, 6) is -0.370. The normalized spacial score (nSPS) is 19.9. The zero-order valence-corrected chi connectivity index (χ0v) is 15.1. The molecule has 7 heteroatoms. The van der Waals surface area contributed by atoms with Gasteiger partial charge in [-0.05, 0) is 50.7 Å². The van der Waals surface area contributed by atoms with Gasteiger partial charge in [0.25, 0.3) is 0 Å². The maximum atomic E-state index is 14.3. The van der Waals surface area contributed by atoms with Gasteiger partial charge in [-0.25, -0.2) is 4.39 Å². The quantitative estimate of drug-likeness (QED) is 0.832. The molecule has 2 aliphatic rings. The van der Waals surface area contributed by atoms with Gasteiger partial charge in [-0.2, -0.15) is 0 Å². The number of nitrogens with one attached hydrogen (secondary N) is 1. The van der Waals surface area contributed by atoms with Gasteiger partial charge in [0, 0.05) is 31.5 Å². The van der Waals surface area contributed by atoms with Crippen molar-refractivity contribution in [2.24, 2.45) is 11.1 Å². The van der Waals surface area contributed by atoms with Gasteiger partial charge in [0.2, 0.25) is 5.91 Å². The minimum atomic E-state index is -0.631. The van der Waals surface area contributed by atoms with Crippen molar-refractivity contribution in [3.8, 4) is 5.75 Å². The molecule has 0 unspecified atom stereocenters. The number of anilines is 1. The second-order valence-corrected chi connectivity index (χ2v) is 6.72. The number of rotatable bonds is 5. The SMILES string of the molecule is Cl.NCC1(C(=O)Nc2ccc(OC3CCCC3)c(F)c2)CCOCC1. The van der Waals surface area contributed by atoms with Gasteiger partial charge in [-0.3, -0.25) is 4.79 Å². The van der Waals surface area contributed by atoms with Gasteiger partial charge >= 0.3 is 0 Å². The van der Waals surface area contributed by atoms with Crippen molar-refractivity contribution in [1.29, 1.82) is 0 Å². The van der Waals surface area contributed by atoms with Crippen LogP contribution in [0.15, 0.2) is 18.2 Å². The first-order valence-corrected chi connectivity index (χ1v) is 8.68. The minimum absolute atomic E-state index is 0. The van der Waals surface area contributed by atoms with E-state index >= 15 is 0 Å². The highest BCUT2D eigenvalue weighted by atomic mass is 35.5. The number of amides is 1. The van der Waals surface area contributed by atoms with Crippen LogP contribution in [0, 0.1) is 11.2 Å². The van der Waals surface area contributed by atoms with E-state index in [4.69, 9.17) is 15.2 Å². The first-order valence-electron chi connectivity index (χ1n) is 8.68. The monoisotopic (exact) mass is 372 g/mol. The molecule has 5 nitrogen and oxygen atoms in total. The van der Waals surface area contributed by atoms with Crippen molar-refractivity contribution >= 4 is 24.0 Å². The summed E-state index contributed by atoms with van der Waals surface area (Å²) in [4.78, 5) is 12.6. The molecule has 25 heavy (non-hydrogen) atoms. The molecular weight excluding hydrogens is 347 g/mol. The van der Waals surface area contributed by atoms with E-state index in [-0.39, 0.29) is 36.7 Å². The van der Waals surface area contributed by atoms with Gasteiger partial charge in [-0.15, -0.1) is 12.4 Å². The molecule has 1 saturated heterocycles. The largest absolute Gasteiger partial charge is 0.487 e. The molecule has 3 N–H and O–H groups in total. The molecule has 2 fully saturated rings. The van der Waals surface area contributed by atoms with Crippen LogP contribution in [0.25, 0.3) is 0 Å². The third-order valence-electron chi connectivity index (χ3n) is 5.11. The van der Waals surface area contributed by atoms with Crippen LogP contribution in [0.4, 0.5) is 10.1 Å². The van der Waals surface area contributed by atoms with Crippen LogP contribution in [0.2, 0.25) is 0 Å². The molecule has 1 aliphatic heterocycles. The lowest BCUT2D eigenvalue weighted by Gasteiger charge is -2.34. The molecule has 0 aromatic heterocycles. The second kappa shape index (κ2) is 8.83. The summed E-state index contributed by atoms with van der Waals surface area (Å²) in [6, 6.07) is 4.57. The molecule has 1 saturated carbocycles. The Morgan fingerprint density at radius 3 is 2.60 bits per heavy atom. The molecule has 3 rings (SSSR count).